The Morgan fingerprint density at radius 3 is 2.41 bits per heavy atom. The molecule has 1 aliphatic heterocycles. The van der Waals surface area contributed by atoms with Crippen molar-refractivity contribution in [3.05, 3.63) is 0 Å². The van der Waals surface area contributed by atoms with E-state index in [0.29, 0.717) is 22.9 Å². The molecular weight excluding hydrogens is 396 g/mol. The molecule has 0 radical (unpaired) electrons. The van der Waals surface area contributed by atoms with Gasteiger partial charge in [-0.05, 0) is 123 Å². The number of esters is 1. The fraction of sp³-hybridized carbons (Fsp3) is 0.966. The van der Waals surface area contributed by atoms with Gasteiger partial charge in [-0.2, -0.15) is 0 Å². The molecule has 32 heavy (non-hydrogen) atoms. The smallest absolute Gasteiger partial charge is 0.302 e. The highest BCUT2D eigenvalue weighted by Crippen LogP contribution is 2.68. The average Bonchev–Trinajstić information content (AvgIpc) is 3.11. The molecule has 0 aromatic carbocycles. The van der Waals surface area contributed by atoms with Crippen LogP contribution in [0.2, 0.25) is 0 Å². The van der Waals surface area contributed by atoms with Crippen LogP contribution in [0.25, 0.3) is 0 Å². The summed E-state index contributed by atoms with van der Waals surface area (Å²) in [6.45, 7) is 12.7. The van der Waals surface area contributed by atoms with Crippen molar-refractivity contribution in [2.45, 2.75) is 117 Å². The molecule has 0 bridgehead atoms. The summed E-state index contributed by atoms with van der Waals surface area (Å²) in [5.74, 6) is 5.68. The Hall–Kier alpha value is -0.570. The fourth-order valence-corrected chi connectivity index (χ4v) is 10.0. The first kappa shape index (κ1) is 23.2. The molecule has 0 N–H and O–H groups in total. The summed E-state index contributed by atoms with van der Waals surface area (Å²) in [7, 11) is 0. The Labute approximate surface area is 196 Å². The van der Waals surface area contributed by atoms with Crippen LogP contribution < -0.4 is 0 Å². The van der Waals surface area contributed by atoms with Crippen LogP contribution in [-0.2, 0) is 14.3 Å². The third-order valence-electron chi connectivity index (χ3n) is 11.8. The van der Waals surface area contributed by atoms with Crippen molar-refractivity contribution in [2.24, 2.45) is 52.3 Å². The van der Waals surface area contributed by atoms with Gasteiger partial charge in [0, 0.05) is 13.5 Å². The molecule has 0 amide bonds. The molecule has 3 heteroatoms. The van der Waals surface area contributed by atoms with Gasteiger partial charge in [0.2, 0.25) is 0 Å². The van der Waals surface area contributed by atoms with Gasteiger partial charge in [-0.25, -0.2) is 0 Å². The van der Waals surface area contributed by atoms with Crippen molar-refractivity contribution < 1.29 is 14.3 Å². The van der Waals surface area contributed by atoms with Crippen LogP contribution in [0, 0.1) is 52.3 Å². The maximum Gasteiger partial charge on any atom is 0.302 e. The largest absolute Gasteiger partial charge is 0.463 e. The molecule has 4 aliphatic carbocycles. The predicted octanol–water partition coefficient (Wildman–Crippen LogP) is 7.03. The Morgan fingerprint density at radius 1 is 0.938 bits per heavy atom. The standard InChI is InChI=1S/C29H48O3/c1-18-6-11-27(31-17-18)19(2)24-9-10-25-23-8-7-21-16-22(32-20(3)30)12-14-28(21,4)26(23)13-15-29(24,25)5/h18-19,21-27H,6-17H2,1-5H3/t18?,19-,21?,22?,23-,24+,25-,26-,27?,28-,29+/m0/s1. The molecule has 5 fully saturated rings. The van der Waals surface area contributed by atoms with Gasteiger partial charge in [-0.3, -0.25) is 4.79 Å². The molecule has 3 nitrogen and oxygen atoms in total. The summed E-state index contributed by atoms with van der Waals surface area (Å²) in [6, 6.07) is 0. The van der Waals surface area contributed by atoms with E-state index in [1.54, 1.807) is 6.92 Å². The lowest BCUT2D eigenvalue weighted by Gasteiger charge is -2.61. The average molecular weight is 445 g/mol. The van der Waals surface area contributed by atoms with Crippen molar-refractivity contribution in [1.82, 2.24) is 0 Å². The van der Waals surface area contributed by atoms with Gasteiger partial charge in [0.1, 0.15) is 6.10 Å². The highest BCUT2D eigenvalue weighted by molar-refractivity contribution is 5.66. The second-order valence-corrected chi connectivity index (χ2v) is 13.3. The quantitative estimate of drug-likeness (QED) is 0.438. The van der Waals surface area contributed by atoms with Crippen LogP contribution in [0.1, 0.15) is 105 Å². The lowest BCUT2D eigenvalue weighted by molar-refractivity contribution is -0.161. The van der Waals surface area contributed by atoms with Crippen LogP contribution in [0.15, 0.2) is 0 Å². The lowest BCUT2D eigenvalue weighted by Crippen LogP contribution is -2.54. The number of carbonyl (C=O) groups is 1. The lowest BCUT2D eigenvalue weighted by atomic mass is 9.44. The van der Waals surface area contributed by atoms with E-state index in [0.717, 1.165) is 55.0 Å². The van der Waals surface area contributed by atoms with E-state index in [2.05, 4.69) is 27.7 Å². The van der Waals surface area contributed by atoms with Gasteiger partial charge in [-0.1, -0.05) is 27.7 Å². The second-order valence-electron chi connectivity index (χ2n) is 13.3. The van der Waals surface area contributed by atoms with Gasteiger partial charge in [0.05, 0.1) is 6.10 Å². The molecule has 0 aromatic rings. The number of hydrogen-bond acceptors (Lipinski definition) is 3. The highest BCUT2D eigenvalue weighted by atomic mass is 16.5. The maximum absolute atomic E-state index is 11.5. The number of carbonyl (C=O) groups excluding carboxylic acids is 1. The first-order valence-electron chi connectivity index (χ1n) is 14.0. The van der Waals surface area contributed by atoms with Gasteiger partial charge >= 0.3 is 5.97 Å². The van der Waals surface area contributed by atoms with Crippen molar-refractivity contribution >= 4 is 5.97 Å². The minimum absolute atomic E-state index is 0.0942. The number of rotatable bonds is 3. The Kier molecular flexibility index (Phi) is 6.22. The minimum Gasteiger partial charge on any atom is -0.463 e. The molecule has 4 unspecified atom stereocenters. The van der Waals surface area contributed by atoms with Crippen molar-refractivity contribution in [1.29, 1.82) is 0 Å². The van der Waals surface area contributed by atoms with Crippen molar-refractivity contribution in [3.63, 3.8) is 0 Å². The molecular formula is C29H48O3. The molecule has 1 heterocycles. The highest BCUT2D eigenvalue weighted by Gasteiger charge is 2.61. The van der Waals surface area contributed by atoms with Gasteiger partial charge in [0.15, 0.2) is 0 Å². The first-order valence-corrected chi connectivity index (χ1v) is 14.0. The fourth-order valence-electron chi connectivity index (χ4n) is 10.0. The monoisotopic (exact) mass is 444 g/mol. The topological polar surface area (TPSA) is 35.5 Å². The Bertz CT molecular complexity index is 697. The summed E-state index contributed by atoms with van der Waals surface area (Å²) in [4.78, 5) is 11.5. The van der Waals surface area contributed by atoms with E-state index < -0.39 is 0 Å². The van der Waals surface area contributed by atoms with Crippen LogP contribution in [0.3, 0.4) is 0 Å². The third kappa shape index (κ3) is 3.77. The minimum atomic E-state index is -0.0942. The summed E-state index contributed by atoms with van der Waals surface area (Å²) in [6.07, 6.45) is 15.2. The summed E-state index contributed by atoms with van der Waals surface area (Å²) in [5.41, 5.74) is 0.984. The van der Waals surface area contributed by atoms with E-state index in [1.807, 2.05) is 0 Å². The Balaban J connectivity index is 1.29. The van der Waals surface area contributed by atoms with E-state index >= 15 is 0 Å². The van der Waals surface area contributed by atoms with Crippen LogP contribution in [0.4, 0.5) is 0 Å². The van der Waals surface area contributed by atoms with Crippen molar-refractivity contribution in [2.75, 3.05) is 6.61 Å². The number of ether oxygens (including phenoxy) is 2. The van der Waals surface area contributed by atoms with Crippen LogP contribution in [0.5, 0.6) is 0 Å². The molecule has 0 spiro atoms. The summed E-state index contributed by atoms with van der Waals surface area (Å²) in [5, 5.41) is 0. The SMILES string of the molecule is CC(=O)OC1CC[C@@]2(C)C(CC[C@H]3[C@@H]4CC[C@H]([C@H](C)C5CCC(C)CO5)[C@@]4(C)CC[C@@H]32)C1. The zero-order chi connectivity index (χ0) is 22.7. The van der Waals surface area contributed by atoms with Gasteiger partial charge < -0.3 is 9.47 Å². The first-order chi connectivity index (χ1) is 15.2. The predicted molar refractivity (Wildman–Crippen MR) is 128 cm³/mol. The zero-order valence-electron chi connectivity index (χ0n) is 21.4. The van der Waals surface area contributed by atoms with Crippen LogP contribution in [-0.4, -0.2) is 24.8 Å². The van der Waals surface area contributed by atoms with E-state index in [-0.39, 0.29) is 12.1 Å². The molecule has 4 saturated carbocycles. The van der Waals surface area contributed by atoms with Crippen molar-refractivity contribution in [3.8, 4) is 0 Å². The second kappa shape index (κ2) is 8.58. The molecule has 0 aromatic heterocycles. The van der Waals surface area contributed by atoms with Crippen LogP contribution >= 0.6 is 0 Å². The van der Waals surface area contributed by atoms with E-state index in [9.17, 15) is 4.79 Å². The molecule has 11 atom stereocenters. The molecule has 1 saturated heterocycles. The number of fused-ring (bicyclic) bond motifs is 5. The van der Waals surface area contributed by atoms with E-state index in [4.69, 9.17) is 9.47 Å². The van der Waals surface area contributed by atoms with Gasteiger partial charge in [-0.15, -0.1) is 0 Å². The molecule has 182 valence electrons. The van der Waals surface area contributed by atoms with Gasteiger partial charge in [0.25, 0.3) is 0 Å². The number of hydrogen-bond donors (Lipinski definition) is 0. The molecule has 5 rings (SSSR count). The molecule has 5 aliphatic rings. The zero-order valence-corrected chi connectivity index (χ0v) is 21.4. The third-order valence-corrected chi connectivity index (χ3v) is 11.8. The summed E-state index contributed by atoms with van der Waals surface area (Å²) >= 11 is 0. The Morgan fingerprint density at radius 2 is 1.69 bits per heavy atom. The summed E-state index contributed by atoms with van der Waals surface area (Å²) < 4.78 is 12.0. The van der Waals surface area contributed by atoms with E-state index in [1.165, 1.54) is 57.8 Å². The maximum atomic E-state index is 11.5. The normalized spacial score (nSPS) is 51.8.